The molecule has 1 saturated heterocycles. The molecule has 0 radical (unpaired) electrons. The molecule has 22 heavy (non-hydrogen) atoms. The third-order valence-electron chi connectivity index (χ3n) is 3.89. The van der Waals surface area contributed by atoms with Gasteiger partial charge < -0.3 is 14.7 Å². The molecule has 2 aromatic rings. The van der Waals surface area contributed by atoms with Crippen LogP contribution in [0.3, 0.4) is 0 Å². The first-order chi connectivity index (χ1) is 10.8. The van der Waals surface area contributed by atoms with Gasteiger partial charge in [0.05, 0.1) is 7.11 Å². The standard InChI is InChI=1S/C16H20N4O2/c1-22-14-4-3-13(15(21)11-14)12-19-7-9-20(10-8-19)16-17-5-2-6-18-16/h2-6,11,21H,7-10,12H2,1H3. The van der Waals surface area contributed by atoms with Crippen molar-refractivity contribution in [3.63, 3.8) is 0 Å². The van der Waals surface area contributed by atoms with Gasteiger partial charge in [0.2, 0.25) is 5.95 Å². The van der Waals surface area contributed by atoms with E-state index in [0.29, 0.717) is 5.75 Å². The zero-order chi connectivity index (χ0) is 15.4. The van der Waals surface area contributed by atoms with Gasteiger partial charge in [0.25, 0.3) is 0 Å². The van der Waals surface area contributed by atoms with Gasteiger partial charge in [0, 0.05) is 56.7 Å². The van der Waals surface area contributed by atoms with Crippen LogP contribution in [0.25, 0.3) is 0 Å². The molecule has 6 heteroatoms. The maximum Gasteiger partial charge on any atom is 0.225 e. The van der Waals surface area contributed by atoms with Gasteiger partial charge in [0.15, 0.2) is 0 Å². The number of benzene rings is 1. The highest BCUT2D eigenvalue weighted by atomic mass is 16.5. The molecular formula is C16H20N4O2. The van der Waals surface area contributed by atoms with Crippen LogP contribution < -0.4 is 9.64 Å². The largest absolute Gasteiger partial charge is 0.507 e. The summed E-state index contributed by atoms with van der Waals surface area (Å²) in [5.41, 5.74) is 0.921. The molecule has 2 heterocycles. The molecule has 0 spiro atoms. The summed E-state index contributed by atoms with van der Waals surface area (Å²) >= 11 is 0. The fourth-order valence-corrected chi connectivity index (χ4v) is 2.61. The Balaban J connectivity index is 1.58. The van der Waals surface area contributed by atoms with Gasteiger partial charge in [-0.25, -0.2) is 9.97 Å². The van der Waals surface area contributed by atoms with Crippen LogP contribution in [0.5, 0.6) is 11.5 Å². The van der Waals surface area contributed by atoms with E-state index < -0.39 is 0 Å². The van der Waals surface area contributed by atoms with Crippen molar-refractivity contribution in [1.29, 1.82) is 0 Å². The average Bonchev–Trinajstić information content (AvgIpc) is 2.58. The highest BCUT2D eigenvalue weighted by Crippen LogP contribution is 2.25. The second-order valence-electron chi connectivity index (χ2n) is 5.31. The van der Waals surface area contributed by atoms with Crippen LogP contribution >= 0.6 is 0 Å². The number of nitrogens with zero attached hydrogens (tertiary/aromatic N) is 4. The molecule has 0 bridgehead atoms. The quantitative estimate of drug-likeness (QED) is 0.923. The first-order valence-electron chi connectivity index (χ1n) is 7.36. The number of ether oxygens (including phenoxy) is 1. The zero-order valence-electron chi connectivity index (χ0n) is 12.6. The maximum absolute atomic E-state index is 10.0. The topological polar surface area (TPSA) is 61.7 Å². The Labute approximate surface area is 130 Å². The Bertz CT molecular complexity index is 613. The van der Waals surface area contributed by atoms with E-state index in [1.807, 2.05) is 18.2 Å². The molecule has 0 saturated carbocycles. The van der Waals surface area contributed by atoms with Crippen molar-refractivity contribution >= 4 is 5.95 Å². The fourth-order valence-electron chi connectivity index (χ4n) is 2.61. The summed E-state index contributed by atoms with van der Waals surface area (Å²) in [6.45, 7) is 4.36. The molecule has 0 amide bonds. The Morgan fingerprint density at radius 2 is 1.86 bits per heavy atom. The predicted molar refractivity (Wildman–Crippen MR) is 84.2 cm³/mol. The van der Waals surface area contributed by atoms with Crippen LogP contribution in [0, 0.1) is 0 Å². The second kappa shape index (κ2) is 6.62. The fraction of sp³-hybridized carbons (Fsp3) is 0.375. The van der Waals surface area contributed by atoms with Crippen molar-refractivity contribution in [2.45, 2.75) is 6.54 Å². The van der Waals surface area contributed by atoms with Crippen LogP contribution in [0.15, 0.2) is 36.7 Å². The van der Waals surface area contributed by atoms with Gasteiger partial charge in [-0.05, 0) is 12.1 Å². The molecule has 1 aliphatic heterocycles. The minimum Gasteiger partial charge on any atom is -0.507 e. The summed E-state index contributed by atoms with van der Waals surface area (Å²) in [5.74, 6) is 1.75. The smallest absolute Gasteiger partial charge is 0.225 e. The summed E-state index contributed by atoms with van der Waals surface area (Å²) in [6, 6.07) is 7.28. The predicted octanol–water partition coefficient (Wildman–Crippen LogP) is 1.51. The van der Waals surface area contributed by atoms with Gasteiger partial charge in [-0.1, -0.05) is 6.07 Å². The van der Waals surface area contributed by atoms with E-state index in [0.717, 1.165) is 44.2 Å². The third kappa shape index (κ3) is 3.28. The minimum absolute atomic E-state index is 0.285. The molecule has 0 aliphatic carbocycles. The lowest BCUT2D eigenvalue weighted by Gasteiger charge is -2.34. The van der Waals surface area contributed by atoms with Crippen LogP contribution in [0.1, 0.15) is 5.56 Å². The molecule has 6 nitrogen and oxygen atoms in total. The van der Waals surface area contributed by atoms with E-state index in [1.54, 1.807) is 25.6 Å². The molecular weight excluding hydrogens is 280 g/mol. The number of hydrogen-bond acceptors (Lipinski definition) is 6. The summed E-state index contributed by atoms with van der Waals surface area (Å²) in [5, 5.41) is 10.0. The van der Waals surface area contributed by atoms with Crippen LogP contribution in [-0.2, 0) is 6.54 Å². The van der Waals surface area contributed by atoms with Crippen molar-refractivity contribution in [3.8, 4) is 11.5 Å². The number of phenolic OH excluding ortho intramolecular Hbond substituents is 1. The van der Waals surface area contributed by atoms with Crippen molar-refractivity contribution in [2.75, 3.05) is 38.2 Å². The van der Waals surface area contributed by atoms with Crippen LogP contribution in [-0.4, -0.2) is 53.3 Å². The summed E-state index contributed by atoms with van der Waals surface area (Å²) in [6.07, 6.45) is 3.54. The molecule has 1 aliphatic rings. The Morgan fingerprint density at radius 1 is 1.14 bits per heavy atom. The summed E-state index contributed by atoms with van der Waals surface area (Å²) in [4.78, 5) is 13.1. The third-order valence-corrected chi connectivity index (χ3v) is 3.89. The Hall–Kier alpha value is -2.34. The number of anilines is 1. The van der Waals surface area contributed by atoms with Gasteiger partial charge in [-0.15, -0.1) is 0 Å². The number of piperazine rings is 1. The first kappa shape index (κ1) is 14.6. The van der Waals surface area contributed by atoms with E-state index in [2.05, 4.69) is 19.8 Å². The molecule has 3 rings (SSSR count). The van der Waals surface area contributed by atoms with Crippen molar-refractivity contribution < 1.29 is 9.84 Å². The minimum atomic E-state index is 0.285. The molecule has 0 unspecified atom stereocenters. The SMILES string of the molecule is COc1ccc(CN2CCN(c3ncccn3)CC2)c(O)c1. The Kier molecular flexibility index (Phi) is 4.39. The number of aromatic hydroxyl groups is 1. The van der Waals surface area contributed by atoms with Crippen LogP contribution in [0.4, 0.5) is 5.95 Å². The zero-order valence-corrected chi connectivity index (χ0v) is 12.6. The normalized spacial score (nSPS) is 15.8. The second-order valence-corrected chi connectivity index (χ2v) is 5.31. The van der Waals surface area contributed by atoms with E-state index in [9.17, 15) is 5.11 Å². The molecule has 1 N–H and O–H groups in total. The van der Waals surface area contributed by atoms with Gasteiger partial charge in [-0.3, -0.25) is 4.90 Å². The van der Waals surface area contributed by atoms with E-state index >= 15 is 0 Å². The summed E-state index contributed by atoms with van der Waals surface area (Å²) in [7, 11) is 1.60. The van der Waals surface area contributed by atoms with E-state index in [1.165, 1.54) is 0 Å². The van der Waals surface area contributed by atoms with Crippen molar-refractivity contribution in [1.82, 2.24) is 14.9 Å². The van der Waals surface area contributed by atoms with E-state index in [4.69, 9.17) is 4.74 Å². The van der Waals surface area contributed by atoms with Crippen molar-refractivity contribution in [2.24, 2.45) is 0 Å². The molecule has 0 atom stereocenters. The van der Waals surface area contributed by atoms with Gasteiger partial charge >= 0.3 is 0 Å². The number of aromatic nitrogens is 2. The Morgan fingerprint density at radius 3 is 2.50 bits per heavy atom. The number of phenols is 1. The van der Waals surface area contributed by atoms with Gasteiger partial charge in [-0.2, -0.15) is 0 Å². The van der Waals surface area contributed by atoms with Crippen LogP contribution in [0.2, 0.25) is 0 Å². The number of methoxy groups -OCH3 is 1. The molecule has 1 fully saturated rings. The molecule has 116 valence electrons. The lowest BCUT2D eigenvalue weighted by Crippen LogP contribution is -2.46. The summed E-state index contributed by atoms with van der Waals surface area (Å²) < 4.78 is 5.11. The maximum atomic E-state index is 10.0. The van der Waals surface area contributed by atoms with E-state index in [-0.39, 0.29) is 5.75 Å². The first-order valence-corrected chi connectivity index (χ1v) is 7.36. The highest BCUT2D eigenvalue weighted by molar-refractivity contribution is 5.39. The number of hydrogen-bond donors (Lipinski definition) is 1. The highest BCUT2D eigenvalue weighted by Gasteiger charge is 2.19. The van der Waals surface area contributed by atoms with Gasteiger partial charge in [0.1, 0.15) is 11.5 Å². The molecule has 1 aromatic carbocycles. The van der Waals surface area contributed by atoms with Crippen molar-refractivity contribution in [3.05, 3.63) is 42.2 Å². The lowest BCUT2D eigenvalue weighted by molar-refractivity contribution is 0.245. The molecule has 1 aromatic heterocycles. The average molecular weight is 300 g/mol. The lowest BCUT2D eigenvalue weighted by atomic mass is 10.1. The number of rotatable bonds is 4. The monoisotopic (exact) mass is 300 g/mol.